The van der Waals surface area contributed by atoms with Gasteiger partial charge in [-0.15, -0.1) is 0 Å². The van der Waals surface area contributed by atoms with Gasteiger partial charge in [-0.1, -0.05) is 30.3 Å². The molecule has 0 aromatic heterocycles. The van der Waals surface area contributed by atoms with Gasteiger partial charge in [-0.2, -0.15) is 0 Å². The minimum atomic E-state index is -0.548. The molecule has 3 rings (SSSR count). The Morgan fingerprint density at radius 3 is 2.45 bits per heavy atom. The number of carbonyl (C=O) groups is 2. The monoisotopic (exact) mass is 392 g/mol. The van der Waals surface area contributed by atoms with Gasteiger partial charge in [-0.05, 0) is 35.0 Å². The zero-order valence-corrected chi connectivity index (χ0v) is 15.8. The van der Waals surface area contributed by atoms with Crippen LogP contribution in [0.3, 0.4) is 0 Å². The van der Waals surface area contributed by atoms with E-state index in [2.05, 4.69) is 16.0 Å². The fourth-order valence-corrected chi connectivity index (χ4v) is 2.88. The maximum atomic E-state index is 12.6. The summed E-state index contributed by atoms with van der Waals surface area (Å²) in [5.41, 5.74) is 0.854. The van der Waals surface area contributed by atoms with E-state index in [-0.39, 0.29) is 22.8 Å². The van der Waals surface area contributed by atoms with Crippen LogP contribution in [0.2, 0.25) is 0 Å². The van der Waals surface area contributed by atoms with Crippen molar-refractivity contribution in [3.8, 4) is 0 Å². The summed E-state index contributed by atoms with van der Waals surface area (Å²) in [4.78, 5) is 34.3. The highest BCUT2D eigenvalue weighted by molar-refractivity contribution is 6.06. The molecule has 8 heteroatoms. The number of amides is 2. The van der Waals surface area contributed by atoms with Crippen molar-refractivity contribution in [1.29, 1.82) is 0 Å². The van der Waals surface area contributed by atoms with Crippen molar-refractivity contribution in [2.75, 3.05) is 23.7 Å². The van der Waals surface area contributed by atoms with E-state index in [9.17, 15) is 19.7 Å². The second kappa shape index (κ2) is 8.83. The first-order chi connectivity index (χ1) is 13.9. The maximum absolute atomic E-state index is 12.6. The van der Waals surface area contributed by atoms with Gasteiger partial charge in [0.1, 0.15) is 5.69 Å². The van der Waals surface area contributed by atoms with Gasteiger partial charge < -0.3 is 16.0 Å². The minimum Gasteiger partial charge on any atom is -0.378 e. The zero-order valence-electron chi connectivity index (χ0n) is 15.8. The molecule has 0 unspecified atom stereocenters. The van der Waals surface area contributed by atoms with Gasteiger partial charge in [-0.25, -0.2) is 0 Å². The molecule has 29 heavy (non-hydrogen) atoms. The molecule has 8 nitrogen and oxygen atoms in total. The average molecular weight is 392 g/mol. The predicted octanol–water partition coefficient (Wildman–Crippen LogP) is 3.55. The molecule has 0 saturated heterocycles. The van der Waals surface area contributed by atoms with Gasteiger partial charge in [-0.3, -0.25) is 19.7 Å². The Morgan fingerprint density at radius 2 is 1.72 bits per heavy atom. The number of rotatable bonds is 7. The van der Waals surface area contributed by atoms with Crippen molar-refractivity contribution in [2.24, 2.45) is 0 Å². The number of carbonyl (C=O) groups excluding carboxylic acids is 2. The van der Waals surface area contributed by atoms with E-state index in [1.165, 1.54) is 25.1 Å². The fraction of sp³-hybridized carbons (Fsp3) is 0.143. The van der Waals surface area contributed by atoms with Crippen LogP contribution in [0, 0.1) is 10.1 Å². The molecular formula is C21H20N4O4. The lowest BCUT2D eigenvalue weighted by Crippen LogP contribution is -2.26. The van der Waals surface area contributed by atoms with E-state index in [1.54, 1.807) is 6.07 Å². The largest absolute Gasteiger partial charge is 0.378 e. The quantitative estimate of drug-likeness (QED) is 0.323. The van der Waals surface area contributed by atoms with Crippen molar-refractivity contribution >= 4 is 39.6 Å². The van der Waals surface area contributed by atoms with Crippen LogP contribution in [0.4, 0.5) is 17.1 Å². The number of hydrogen-bond donors (Lipinski definition) is 3. The first-order valence-electron chi connectivity index (χ1n) is 9.01. The standard InChI is InChI=1S/C21H20N4O4/c1-14(26)22-10-11-23-19-9-7-17(13-20(19)25(28)29)21(27)24-18-8-6-15-4-2-3-5-16(15)12-18/h2-9,12-13,23H,10-11H2,1H3,(H,22,26)(H,24,27). The molecule has 0 aliphatic rings. The highest BCUT2D eigenvalue weighted by Crippen LogP contribution is 2.26. The summed E-state index contributed by atoms with van der Waals surface area (Å²) in [6.07, 6.45) is 0. The molecule has 2 amide bonds. The third-order valence-corrected chi connectivity index (χ3v) is 4.28. The number of hydrogen-bond acceptors (Lipinski definition) is 5. The highest BCUT2D eigenvalue weighted by atomic mass is 16.6. The molecule has 0 aliphatic heterocycles. The van der Waals surface area contributed by atoms with Crippen LogP contribution in [0.15, 0.2) is 60.7 Å². The van der Waals surface area contributed by atoms with Crippen LogP contribution in [0.1, 0.15) is 17.3 Å². The van der Waals surface area contributed by atoms with Crippen molar-refractivity contribution in [2.45, 2.75) is 6.92 Å². The molecule has 0 spiro atoms. The van der Waals surface area contributed by atoms with Crippen molar-refractivity contribution < 1.29 is 14.5 Å². The number of nitro benzene ring substituents is 1. The number of anilines is 2. The van der Waals surface area contributed by atoms with Gasteiger partial charge >= 0.3 is 0 Å². The Kier molecular flexibility index (Phi) is 6.03. The molecular weight excluding hydrogens is 372 g/mol. The van der Waals surface area contributed by atoms with Gasteiger partial charge in [0.25, 0.3) is 11.6 Å². The van der Waals surface area contributed by atoms with Crippen molar-refractivity contribution in [1.82, 2.24) is 5.32 Å². The third kappa shape index (κ3) is 5.07. The second-order valence-corrected chi connectivity index (χ2v) is 6.41. The maximum Gasteiger partial charge on any atom is 0.293 e. The number of nitrogens with zero attached hydrogens (tertiary/aromatic N) is 1. The normalized spacial score (nSPS) is 10.4. The summed E-state index contributed by atoms with van der Waals surface area (Å²) < 4.78 is 0. The van der Waals surface area contributed by atoms with Gasteiger partial charge in [0.15, 0.2) is 0 Å². The molecule has 3 N–H and O–H groups in total. The van der Waals surface area contributed by atoms with Crippen LogP contribution in [-0.4, -0.2) is 29.8 Å². The van der Waals surface area contributed by atoms with Crippen LogP contribution >= 0.6 is 0 Å². The summed E-state index contributed by atoms with van der Waals surface area (Å²) in [6.45, 7) is 2.05. The molecule has 0 heterocycles. The molecule has 3 aromatic rings. The Bertz CT molecular complexity index is 1080. The van der Waals surface area contributed by atoms with E-state index in [4.69, 9.17) is 0 Å². The number of nitrogens with one attached hydrogen (secondary N) is 3. The topological polar surface area (TPSA) is 113 Å². The molecule has 0 atom stereocenters. The Hall–Kier alpha value is -3.94. The molecule has 0 fully saturated rings. The average Bonchev–Trinajstić information content (AvgIpc) is 2.70. The molecule has 0 saturated carbocycles. The Morgan fingerprint density at radius 1 is 0.966 bits per heavy atom. The van der Waals surface area contributed by atoms with Crippen LogP contribution < -0.4 is 16.0 Å². The SMILES string of the molecule is CC(=O)NCCNc1ccc(C(=O)Nc2ccc3ccccc3c2)cc1[N+](=O)[O-]. The van der Waals surface area contributed by atoms with E-state index < -0.39 is 10.8 Å². The van der Waals surface area contributed by atoms with E-state index in [0.717, 1.165) is 10.8 Å². The molecule has 0 bridgehead atoms. The Balaban J connectivity index is 1.74. The highest BCUT2D eigenvalue weighted by Gasteiger charge is 2.17. The summed E-state index contributed by atoms with van der Waals surface area (Å²) in [5.74, 6) is -0.616. The summed E-state index contributed by atoms with van der Waals surface area (Å²) in [6, 6.07) is 17.5. The van der Waals surface area contributed by atoms with E-state index in [1.807, 2.05) is 36.4 Å². The summed E-state index contributed by atoms with van der Waals surface area (Å²) in [7, 11) is 0. The molecule has 0 aliphatic carbocycles. The lowest BCUT2D eigenvalue weighted by atomic mass is 10.1. The smallest absolute Gasteiger partial charge is 0.293 e. The molecule has 3 aromatic carbocycles. The van der Waals surface area contributed by atoms with Crippen LogP contribution in [-0.2, 0) is 4.79 Å². The van der Waals surface area contributed by atoms with Gasteiger partial charge in [0, 0.05) is 37.3 Å². The summed E-state index contributed by atoms with van der Waals surface area (Å²) in [5, 5.41) is 21.7. The lowest BCUT2D eigenvalue weighted by Gasteiger charge is -2.10. The van der Waals surface area contributed by atoms with Crippen LogP contribution in [0.25, 0.3) is 10.8 Å². The van der Waals surface area contributed by atoms with E-state index >= 15 is 0 Å². The number of benzene rings is 3. The molecule has 0 radical (unpaired) electrons. The first kappa shape index (κ1) is 19.8. The van der Waals surface area contributed by atoms with Gasteiger partial charge in [0.05, 0.1) is 4.92 Å². The van der Waals surface area contributed by atoms with Crippen LogP contribution in [0.5, 0.6) is 0 Å². The first-order valence-corrected chi connectivity index (χ1v) is 9.01. The minimum absolute atomic E-state index is 0.178. The predicted molar refractivity (Wildman–Crippen MR) is 112 cm³/mol. The third-order valence-electron chi connectivity index (χ3n) is 4.28. The Labute approximate surface area is 167 Å². The molecule has 148 valence electrons. The van der Waals surface area contributed by atoms with Crippen molar-refractivity contribution in [3.63, 3.8) is 0 Å². The number of fused-ring (bicyclic) bond motifs is 1. The summed E-state index contributed by atoms with van der Waals surface area (Å²) >= 11 is 0. The van der Waals surface area contributed by atoms with E-state index in [0.29, 0.717) is 18.8 Å². The van der Waals surface area contributed by atoms with Crippen molar-refractivity contribution in [3.05, 3.63) is 76.3 Å². The number of nitro groups is 1. The van der Waals surface area contributed by atoms with Gasteiger partial charge in [0.2, 0.25) is 5.91 Å². The fourth-order valence-electron chi connectivity index (χ4n) is 2.88. The zero-order chi connectivity index (χ0) is 20.8. The lowest BCUT2D eigenvalue weighted by molar-refractivity contribution is -0.384. The second-order valence-electron chi connectivity index (χ2n) is 6.41.